The number of nitrogens with zero attached hydrogens (tertiary/aromatic N) is 1. The standard InChI is InChI=1S/C12H24N2O/c1-14-6-4-11(8-14)10-3-5-13-12(7-10)9-15-2/h10-13H,3-9H2,1-2H3. The van der Waals surface area contributed by atoms with Crippen molar-refractivity contribution in [1.29, 1.82) is 0 Å². The van der Waals surface area contributed by atoms with E-state index in [9.17, 15) is 0 Å². The number of nitrogens with one attached hydrogen (secondary N) is 1. The van der Waals surface area contributed by atoms with Crippen LogP contribution in [0.4, 0.5) is 0 Å². The lowest BCUT2D eigenvalue weighted by Crippen LogP contribution is -2.43. The topological polar surface area (TPSA) is 24.5 Å². The minimum Gasteiger partial charge on any atom is -0.383 e. The van der Waals surface area contributed by atoms with Gasteiger partial charge in [-0.15, -0.1) is 0 Å². The number of likely N-dealkylation sites (tertiary alicyclic amines) is 1. The second-order valence-electron chi connectivity index (χ2n) is 5.20. The van der Waals surface area contributed by atoms with E-state index in [4.69, 9.17) is 4.74 Å². The molecule has 0 saturated carbocycles. The number of ether oxygens (including phenoxy) is 1. The molecular formula is C12H24N2O. The van der Waals surface area contributed by atoms with Gasteiger partial charge in [0.15, 0.2) is 0 Å². The van der Waals surface area contributed by atoms with Crippen molar-refractivity contribution in [3.05, 3.63) is 0 Å². The Balaban J connectivity index is 1.81. The molecule has 3 nitrogen and oxygen atoms in total. The van der Waals surface area contributed by atoms with Crippen LogP contribution in [0.25, 0.3) is 0 Å². The van der Waals surface area contributed by atoms with Crippen LogP contribution in [-0.4, -0.2) is 51.3 Å². The maximum Gasteiger partial charge on any atom is 0.0615 e. The van der Waals surface area contributed by atoms with Gasteiger partial charge in [-0.05, 0) is 51.2 Å². The molecule has 15 heavy (non-hydrogen) atoms. The molecule has 0 amide bonds. The van der Waals surface area contributed by atoms with E-state index in [1.54, 1.807) is 7.11 Å². The van der Waals surface area contributed by atoms with E-state index >= 15 is 0 Å². The van der Waals surface area contributed by atoms with E-state index in [1.807, 2.05) is 0 Å². The largest absolute Gasteiger partial charge is 0.383 e. The zero-order valence-electron chi connectivity index (χ0n) is 10.0. The fraction of sp³-hybridized carbons (Fsp3) is 1.00. The Morgan fingerprint density at radius 3 is 2.87 bits per heavy atom. The molecule has 0 aromatic heterocycles. The van der Waals surface area contributed by atoms with Crippen LogP contribution in [0.15, 0.2) is 0 Å². The van der Waals surface area contributed by atoms with Gasteiger partial charge in [0.25, 0.3) is 0 Å². The van der Waals surface area contributed by atoms with Gasteiger partial charge in [0.2, 0.25) is 0 Å². The van der Waals surface area contributed by atoms with Crippen molar-refractivity contribution in [3.63, 3.8) is 0 Å². The van der Waals surface area contributed by atoms with Crippen LogP contribution < -0.4 is 5.32 Å². The average molecular weight is 212 g/mol. The summed E-state index contributed by atoms with van der Waals surface area (Å²) in [6.45, 7) is 4.66. The van der Waals surface area contributed by atoms with Gasteiger partial charge in [-0.2, -0.15) is 0 Å². The molecule has 0 spiro atoms. The van der Waals surface area contributed by atoms with Crippen molar-refractivity contribution in [3.8, 4) is 0 Å². The normalized spacial score (nSPS) is 38.4. The van der Waals surface area contributed by atoms with Crippen LogP contribution in [0, 0.1) is 11.8 Å². The molecule has 0 radical (unpaired) electrons. The lowest BCUT2D eigenvalue weighted by atomic mass is 9.81. The lowest BCUT2D eigenvalue weighted by Gasteiger charge is -2.33. The monoisotopic (exact) mass is 212 g/mol. The molecule has 2 heterocycles. The highest BCUT2D eigenvalue weighted by molar-refractivity contribution is 4.86. The molecule has 0 aromatic rings. The van der Waals surface area contributed by atoms with Gasteiger partial charge in [0.1, 0.15) is 0 Å². The molecule has 0 bridgehead atoms. The maximum atomic E-state index is 5.24. The van der Waals surface area contributed by atoms with Crippen molar-refractivity contribution in [1.82, 2.24) is 10.2 Å². The Morgan fingerprint density at radius 1 is 1.33 bits per heavy atom. The summed E-state index contributed by atoms with van der Waals surface area (Å²) in [5.41, 5.74) is 0. The Morgan fingerprint density at radius 2 is 2.20 bits per heavy atom. The first-order valence-corrected chi connectivity index (χ1v) is 6.20. The first-order chi connectivity index (χ1) is 7.29. The predicted molar refractivity (Wildman–Crippen MR) is 62.0 cm³/mol. The van der Waals surface area contributed by atoms with Crippen molar-refractivity contribution in [2.45, 2.75) is 25.3 Å². The molecule has 1 N–H and O–H groups in total. The van der Waals surface area contributed by atoms with Gasteiger partial charge in [-0.25, -0.2) is 0 Å². The van der Waals surface area contributed by atoms with Gasteiger partial charge < -0.3 is 15.0 Å². The Hall–Kier alpha value is -0.120. The number of hydrogen-bond donors (Lipinski definition) is 1. The van der Waals surface area contributed by atoms with Gasteiger partial charge in [-0.3, -0.25) is 0 Å². The van der Waals surface area contributed by atoms with E-state index in [-0.39, 0.29) is 0 Å². The van der Waals surface area contributed by atoms with E-state index < -0.39 is 0 Å². The maximum absolute atomic E-state index is 5.24. The van der Waals surface area contributed by atoms with Crippen molar-refractivity contribution >= 4 is 0 Å². The van der Waals surface area contributed by atoms with Crippen LogP contribution in [-0.2, 0) is 4.74 Å². The van der Waals surface area contributed by atoms with Gasteiger partial charge in [0, 0.05) is 19.7 Å². The summed E-state index contributed by atoms with van der Waals surface area (Å²) in [5, 5.41) is 3.55. The van der Waals surface area contributed by atoms with Crippen LogP contribution >= 0.6 is 0 Å². The molecule has 88 valence electrons. The third kappa shape index (κ3) is 2.92. The van der Waals surface area contributed by atoms with Crippen LogP contribution in [0.3, 0.4) is 0 Å². The summed E-state index contributed by atoms with van der Waals surface area (Å²) in [5.74, 6) is 1.87. The van der Waals surface area contributed by atoms with E-state index in [0.717, 1.165) is 18.4 Å². The third-order valence-electron chi connectivity index (χ3n) is 4.00. The fourth-order valence-electron chi connectivity index (χ4n) is 3.15. The molecule has 2 aliphatic heterocycles. The van der Waals surface area contributed by atoms with Crippen molar-refractivity contribution in [2.75, 3.05) is 40.4 Å². The molecule has 3 unspecified atom stereocenters. The molecule has 2 aliphatic rings. The van der Waals surface area contributed by atoms with Crippen LogP contribution in [0.5, 0.6) is 0 Å². The molecule has 2 fully saturated rings. The second-order valence-corrected chi connectivity index (χ2v) is 5.20. The van der Waals surface area contributed by atoms with E-state index in [2.05, 4.69) is 17.3 Å². The Kier molecular flexibility index (Phi) is 4.00. The molecular weight excluding hydrogens is 188 g/mol. The first-order valence-electron chi connectivity index (χ1n) is 6.20. The third-order valence-corrected chi connectivity index (χ3v) is 4.00. The van der Waals surface area contributed by atoms with E-state index in [1.165, 1.54) is 38.9 Å². The highest BCUT2D eigenvalue weighted by Crippen LogP contribution is 2.31. The zero-order valence-corrected chi connectivity index (χ0v) is 10.0. The van der Waals surface area contributed by atoms with Crippen LogP contribution in [0.1, 0.15) is 19.3 Å². The highest BCUT2D eigenvalue weighted by Gasteiger charge is 2.31. The summed E-state index contributed by atoms with van der Waals surface area (Å²) >= 11 is 0. The van der Waals surface area contributed by atoms with Crippen LogP contribution in [0.2, 0.25) is 0 Å². The summed E-state index contributed by atoms with van der Waals surface area (Å²) in [6, 6.07) is 0.597. The van der Waals surface area contributed by atoms with Gasteiger partial charge in [-0.1, -0.05) is 0 Å². The molecule has 2 saturated heterocycles. The van der Waals surface area contributed by atoms with Crippen molar-refractivity contribution in [2.24, 2.45) is 11.8 Å². The van der Waals surface area contributed by atoms with Gasteiger partial charge in [0.05, 0.1) is 6.61 Å². The lowest BCUT2D eigenvalue weighted by molar-refractivity contribution is 0.124. The predicted octanol–water partition coefficient (Wildman–Crippen LogP) is 0.953. The fourth-order valence-corrected chi connectivity index (χ4v) is 3.15. The summed E-state index contributed by atoms with van der Waals surface area (Å²) < 4.78 is 5.24. The number of hydrogen-bond acceptors (Lipinski definition) is 3. The van der Waals surface area contributed by atoms with Crippen molar-refractivity contribution < 1.29 is 4.74 Å². The Labute approximate surface area is 93.2 Å². The van der Waals surface area contributed by atoms with Gasteiger partial charge >= 0.3 is 0 Å². The highest BCUT2D eigenvalue weighted by atomic mass is 16.5. The number of piperidine rings is 1. The number of rotatable bonds is 3. The summed E-state index contributed by atoms with van der Waals surface area (Å²) in [4.78, 5) is 2.47. The second kappa shape index (κ2) is 5.28. The van der Waals surface area contributed by atoms with E-state index in [0.29, 0.717) is 6.04 Å². The molecule has 0 aromatic carbocycles. The zero-order chi connectivity index (χ0) is 10.7. The minimum absolute atomic E-state index is 0.597. The number of methoxy groups -OCH3 is 1. The summed E-state index contributed by atoms with van der Waals surface area (Å²) in [6.07, 6.45) is 4.08. The minimum atomic E-state index is 0.597. The molecule has 0 aliphatic carbocycles. The molecule has 3 heteroatoms. The average Bonchev–Trinajstić information content (AvgIpc) is 2.66. The quantitative estimate of drug-likeness (QED) is 0.754. The molecule has 3 atom stereocenters. The first kappa shape index (κ1) is 11.4. The SMILES string of the molecule is COCC1CC(C2CCN(C)C2)CCN1. The Bertz CT molecular complexity index is 196. The smallest absolute Gasteiger partial charge is 0.0615 e. The summed E-state index contributed by atoms with van der Waals surface area (Å²) in [7, 11) is 4.04. The molecule has 2 rings (SSSR count).